The second-order valence-electron chi connectivity index (χ2n) is 6.27. The first kappa shape index (κ1) is 15.8. The van der Waals surface area contributed by atoms with Gasteiger partial charge >= 0.3 is 0 Å². The van der Waals surface area contributed by atoms with Gasteiger partial charge in [-0.3, -0.25) is 19.4 Å². The van der Waals surface area contributed by atoms with Crippen molar-refractivity contribution in [2.75, 3.05) is 11.1 Å². The molecule has 1 aliphatic carbocycles. The SMILES string of the molecule is O=C1CS[C@H](c2ccccc2Cl)c2c(n(C3CCCC3)[nH]c2=O)N1. The second-order valence-corrected chi connectivity index (χ2v) is 7.77. The number of hydrogen-bond donors (Lipinski definition) is 2. The van der Waals surface area contributed by atoms with Gasteiger partial charge in [-0.25, -0.2) is 0 Å². The third kappa shape index (κ3) is 2.67. The van der Waals surface area contributed by atoms with Crippen molar-refractivity contribution in [1.29, 1.82) is 0 Å². The number of anilines is 1. The number of nitrogens with one attached hydrogen (secondary N) is 2. The Morgan fingerprint density at radius 3 is 2.67 bits per heavy atom. The van der Waals surface area contributed by atoms with Gasteiger partial charge in [-0.15, -0.1) is 11.8 Å². The molecule has 2 aliphatic rings. The maximum absolute atomic E-state index is 12.7. The zero-order chi connectivity index (χ0) is 16.7. The fourth-order valence-corrected chi connectivity index (χ4v) is 5.08. The van der Waals surface area contributed by atoms with Gasteiger partial charge in [0, 0.05) is 5.02 Å². The number of aromatic nitrogens is 2. The molecule has 0 radical (unpaired) electrons. The van der Waals surface area contributed by atoms with E-state index in [1.807, 2.05) is 28.9 Å². The van der Waals surface area contributed by atoms with E-state index in [9.17, 15) is 9.59 Å². The molecule has 0 spiro atoms. The molecule has 1 fully saturated rings. The molecule has 1 aliphatic heterocycles. The van der Waals surface area contributed by atoms with Crippen LogP contribution in [0.5, 0.6) is 0 Å². The number of aromatic amines is 1. The van der Waals surface area contributed by atoms with Gasteiger partial charge in [-0.05, 0) is 24.5 Å². The number of thioether (sulfide) groups is 1. The van der Waals surface area contributed by atoms with E-state index in [0.717, 1.165) is 31.2 Å². The predicted octanol–water partition coefficient (Wildman–Crippen LogP) is 3.72. The highest BCUT2D eigenvalue weighted by Crippen LogP contribution is 2.43. The van der Waals surface area contributed by atoms with E-state index in [1.54, 1.807) is 0 Å². The number of carbonyl (C=O) groups excluding carboxylic acids is 1. The van der Waals surface area contributed by atoms with Crippen LogP contribution in [0.25, 0.3) is 0 Å². The Balaban J connectivity index is 1.87. The molecule has 5 nitrogen and oxygen atoms in total. The summed E-state index contributed by atoms with van der Waals surface area (Å²) in [5.41, 5.74) is 1.33. The number of nitrogens with zero attached hydrogens (tertiary/aromatic N) is 1. The lowest BCUT2D eigenvalue weighted by atomic mass is 10.1. The third-order valence-corrected chi connectivity index (χ3v) is 6.34. The summed E-state index contributed by atoms with van der Waals surface area (Å²) in [4.78, 5) is 24.9. The largest absolute Gasteiger partial charge is 0.310 e. The molecule has 24 heavy (non-hydrogen) atoms. The van der Waals surface area contributed by atoms with E-state index in [0.29, 0.717) is 22.2 Å². The number of carbonyl (C=O) groups is 1. The Bertz CT molecular complexity index is 839. The lowest BCUT2D eigenvalue weighted by Crippen LogP contribution is -2.18. The van der Waals surface area contributed by atoms with E-state index >= 15 is 0 Å². The number of amides is 1. The number of fused-ring (bicyclic) bond motifs is 1. The number of H-pyrrole nitrogens is 1. The average Bonchev–Trinajstić information content (AvgIpc) is 3.15. The quantitative estimate of drug-likeness (QED) is 0.854. The first-order chi connectivity index (χ1) is 11.6. The summed E-state index contributed by atoms with van der Waals surface area (Å²) in [7, 11) is 0. The number of hydrogen-bond acceptors (Lipinski definition) is 3. The standard InChI is InChI=1S/C17H18ClN3O2S/c18-12-8-4-3-7-11(12)15-14-16(19-13(22)9-24-15)21(20-17(14)23)10-5-1-2-6-10/h3-4,7-8,10,15H,1-2,5-6,9H2,(H,19,22)(H,20,23)/t15-/m1/s1. The summed E-state index contributed by atoms with van der Waals surface area (Å²) in [5, 5.41) is 6.25. The minimum atomic E-state index is -0.251. The summed E-state index contributed by atoms with van der Waals surface area (Å²) in [6.45, 7) is 0. The van der Waals surface area contributed by atoms with Crippen LogP contribution in [0, 0.1) is 0 Å². The normalized spacial score (nSPS) is 21.4. The lowest BCUT2D eigenvalue weighted by Gasteiger charge is -2.17. The summed E-state index contributed by atoms with van der Waals surface area (Å²) in [5.74, 6) is 0.836. The molecular formula is C17H18ClN3O2S. The number of halogens is 1. The molecule has 1 saturated carbocycles. The molecule has 1 aromatic carbocycles. The van der Waals surface area contributed by atoms with Gasteiger partial charge in [0.05, 0.1) is 22.6 Å². The molecule has 2 heterocycles. The smallest absolute Gasteiger partial charge is 0.270 e. The molecule has 1 aromatic heterocycles. The van der Waals surface area contributed by atoms with Crippen LogP contribution in [0.4, 0.5) is 5.82 Å². The molecule has 4 rings (SSSR count). The van der Waals surface area contributed by atoms with Crippen molar-refractivity contribution < 1.29 is 4.79 Å². The van der Waals surface area contributed by atoms with Crippen LogP contribution in [0.2, 0.25) is 5.02 Å². The topological polar surface area (TPSA) is 66.9 Å². The van der Waals surface area contributed by atoms with Crippen LogP contribution in [-0.4, -0.2) is 21.4 Å². The molecule has 0 bridgehead atoms. The Hall–Kier alpha value is -1.66. The molecule has 2 aromatic rings. The van der Waals surface area contributed by atoms with Gasteiger partial charge in [0.2, 0.25) is 5.91 Å². The fourth-order valence-electron chi connectivity index (χ4n) is 3.61. The van der Waals surface area contributed by atoms with Crippen LogP contribution in [0.15, 0.2) is 29.1 Å². The lowest BCUT2D eigenvalue weighted by molar-refractivity contribution is -0.113. The van der Waals surface area contributed by atoms with Crippen LogP contribution in [-0.2, 0) is 4.79 Å². The minimum Gasteiger partial charge on any atom is -0.310 e. The Kier molecular flexibility index (Phi) is 4.18. The summed E-state index contributed by atoms with van der Waals surface area (Å²) in [6.07, 6.45) is 4.35. The first-order valence-corrected chi connectivity index (χ1v) is 9.58. The van der Waals surface area contributed by atoms with E-state index in [4.69, 9.17) is 11.6 Å². The van der Waals surface area contributed by atoms with E-state index in [1.165, 1.54) is 11.8 Å². The molecule has 2 N–H and O–H groups in total. The van der Waals surface area contributed by atoms with Crippen molar-refractivity contribution in [3.63, 3.8) is 0 Å². The van der Waals surface area contributed by atoms with Crippen molar-refractivity contribution in [2.45, 2.75) is 37.0 Å². The summed E-state index contributed by atoms with van der Waals surface area (Å²) in [6, 6.07) is 7.76. The van der Waals surface area contributed by atoms with E-state index < -0.39 is 0 Å². The van der Waals surface area contributed by atoms with Crippen molar-refractivity contribution in [1.82, 2.24) is 9.78 Å². The fraction of sp³-hybridized carbons (Fsp3) is 0.412. The van der Waals surface area contributed by atoms with Gasteiger partial charge in [0.1, 0.15) is 5.82 Å². The van der Waals surface area contributed by atoms with Crippen LogP contribution >= 0.6 is 23.4 Å². The summed E-state index contributed by atoms with van der Waals surface area (Å²) < 4.78 is 1.87. The highest BCUT2D eigenvalue weighted by atomic mass is 35.5. The minimum absolute atomic E-state index is 0.0819. The van der Waals surface area contributed by atoms with E-state index in [2.05, 4.69) is 10.4 Å². The molecule has 7 heteroatoms. The highest BCUT2D eigenvalue weighted by Gasteiger charge is 2.33. The zero-order valence-electron chi connectivity index (χ0n) is 13.0. The van der Waals surface area contributed by atoms with Crippen LogP contribution < -0.4 is 10.9 Å². The Morgan fingerprint density at radius 2 is 1.92 bits per heavy atom. The molecule has 0 unspecified atom stereocenters. The van der Waals surface area contributed by atoms with Crippen LogP contribution in [0.3, 0.4) is 0 Å². The molecule has 0 saturated heterocycles. The van der Waals surface area contributed by atoms with Crippen LogP contribution in [0.1, 0.15) is 48.1 Å². The maximum atomic E-state index is 12.7. The average molecular weight is 364 g/mol. The van der Waals surface area contributed by atoms with Gasteiger partial charge in [-0.2, -0.15) is 0 Å². The molecule has 126 valence electrons. The van der Waals surface area contributed by atoms with Gasteiger partial charge < -0.3 is 5.32 Å². The third-order valence-electron chi connectivity index (χ3n) is 4.74. The molecule has 1 amide bonds. The monoisotopic (exact) mass is 363 g/mol. The highest BCUT2D eigenvalue weighted by molar-refractivity contribution is 8.00. The van der Waals surface area contributed by atoms with Gasteiger partial charge in [-0.1, -0.05) is 42.6 Å². The second kappa shape index (κ2) is 6.33. The van der Waals surface area contributed by atoms with Crippen molar-refractivity contribution in [2.24, 2.45) is 0 Å². The Labute approximate surface area is 148 Å². The molecule has 1 atom stereocenters. The zero-order valence-corrected chi connectivity index (χ0v) is 14.6. The molecular weight excluding hydrogens is 346 g/mol. The van der Waals surface area contributed by atoms with Gasteiger partial charge in [0.15, 0.2) is 0 Å². The van der Waals surface area contributed by atoms with Crippen molar-refractivity contribution >= 4 is 35.1 Å². The maximum Gasteiger partial charge on any atom is 0.270 e. The van der Waals surface area contributed by atoms with Gasteiger partial charge in [0.25, 0.3) is 5.56 Å². The first-order valence-electron chi connectivity index (χ1n) is 8.15. The Morgan fingerprint density at radius 1 is 1.17 bits per heavy atom. The predicted molar refractivity (Wildman–Crippen MR) is 96.9 cm³/mol. The van der Waals surface area contributed by atoms with E-state index in [-0.39, 0.29) is 22.8 Å². The number of rotatable bonds is 2. The van der Waals surface area contributed by atoms with Crippen molar-refractivity contribution in [3.8, 4) is 0 Å². The van der Waals surface area contributed by atoms with Crippen molar-refractivity contribution in [3.05, 3.63) is 50.8 Å². The number of benzene rings is 1. The summed E-state index contributed by atoms with van der Waals surface area (Å²) >= 11 is 7.80.